The van der Waals surface area contributed by atoms with Crippen molar-refractivity contribution < 1.29 is 9.84 Å². The zero-order valence-electron chi connectivity index (χ0n) is 11.9. The predicted molar refractivity (Wildman–Crippen MR) is 81.7 cm³/mol. The molecule has 4 heteroatoms. The van der Waals surface area contributed by atoms with Crippen LogP contribution in [-0.2, 0) is 0 Å². The van der Waals surface area contributed by atoms with E-state index < -0.39 is 0 Å². The summed E-state index contributed by atoms with van der Waals surface area (Å²) in [6, 6.07) is 8.06. The smallest absolute Gasteiger partial charge is 0.127 e. The van der Waals surface area contributed by atoms with Gasteiger partial charge in [0.05, 0.1) is 6.04 Å². The Kier molecular flexibility index (Phi) is 3.44. The Morgan fingerprint density at radius 2 is 2.15 bits per heavy atom. The van der Waals surface area contributed by atoms with Crippen molar-refractivity contribution in [1.82, 2.24) is 5.32 Å². The molecule has 3 rings (SSSR count). The van der Waals surface area contributed by atoms with E-state index in [1.165, 1.54) is 15.3 Å². The number of nitrogens with one attached hydrogen (secondary N) is 1. The summed E-state index contributed by atoms with van der Waals surface area (Å²) in [5.41, 5.74) is 2.49. The monoisotopic (exact) mass is 289 g/mol. The Hall–Kier alpha value is -1.52. The number of thiophene rings is 1. The molecule has 0 aliphatic carbocycles. The van der Waals surface area contributed by atoms with Gasteiger partial charge in [-0.2, -0.15) is 0 Å². The molecule has 3 nitrogen and oxygen atoms in total. The molecule has 0 amide bonds. The Morgan fingerprint density at radius 1 is 1.35 bits per heavy atom. The number of hydrogen-bond acceptors (Lipinski definition) is 4. The fourth-order valence-electron chi connectivity index (χ4n) is 2.81. The first-order valence-corrected chi connectivity index (χ1v) is 7.65. The molecule has 2 aromatic rings. The quantitative estimate of drug-likeness (QED) is 0.901. The van der Waals surface area contributed by atoms with Gasteiger partial charge < -0.3 is 15.2 Å². The van der Waals surface area contributed by atoms with Crippen LogP contribution in [0.2, 0.25) is 0 Å². The summed E-state index contributed by atoms with van der Waals surface area (Å²) in [7, 11) is 0. The maximum absolute atomic E-state index is 9.48. The zero-order valence-corrected chi connectivity index (χ0v) is 12.8. The van der Waals surface area contributed by atoms with E-state index in [2.05, 4.69) is 32.2 Å². The Bertz CT molecular complexity index is 635. The van der Waals surface area contributed by atoms with Crippen LogP contribution in [0.4, 0.5) is 0 Å². The highest BCUT2D eigenvalue weighted by Gasteiger charge is 2.26. The van der Waals surface area contributed by atoms with E-state index in [0.29, 0.717) is 6.61 Å². The lowest BCUT2D eigenvalue weighted by Crippen LogP contribution is -2.25. The molecule has 106 valence electrons. The van der Waals surface area contributed by atoms with Gasteiger partial charge in [0, 0.05) is 27.4 Å². The van der Waals surface area contributed by atoms with Gasteiger partial charge in [-0.1, -0.05) is 0 Å². The number of ether oxygens (including phenoxy) is 1. The molecule has 0 fully saturated rings. The van der Waals surface area contributed by atoms with Gasteiger partial charge in [0.1, 0.15) is 18.1 Å². The maximum atomic E-state index is 9.48. The van der Waals surface area contributed by atoms with Crippen LogP contribution in [0.1, 0.15) is 39.9 Å². The standard InChI is InChI=1S/C16H19NO2S/c1-9-6-14(11(3)20-9)10(2)17-15-8-19-16-7-12(18)4-5-13(15)16/h4-7,10,15,17-18H,8H2,1-3H3. The van der Waals surface area contributed by atoms with Gasteiger partial charge >= 0.3 is 0 Å². The van der Waals surface area contributed by atoms with E-state index >= 15 is 0 Å². The molecule has 20 heavy (non-hydrogen) atoms. The van der Waals surface area contributed by atoms with Crippen molar-refractivity contribution in [2.24, 2.45) is 0 Å². The average Bonchev–Trinajstić information content (AvgIpc) is 2.93. The first kappa shape index (κ1) is 13.5. The number of aryl methyl sites for hydroxylation is 2. The van der Waals surface area contributed by atoms with E-state index in [1.807, 2.05) is 17.4 Å². The summed E-state index contributed by atoms with van der Waals surface area (Å²) in [4.78, 5) is 2.71. The van der Waals surface area contributed by atoms with Gasteiger partial charge in [-0.15, -0.1) is 11.3 Å². The lowest BCUT2D eigenvalue weighted by atomic mass is 10.0. The summed E-state index contributed by atoms with van der Waals surface area (Å²) in [5, 5.41) is 13.1. The number of phenolic OH excluding ortho intramolecular Hbond substituents is 1. The second-order valence-electron chi connectivity index (χ2n) is 5.34. The highest BCUT2D eigenvalue weighted by molar-refractivity contribution is 7.12. The van der Waals surface area contributed by atoms with Crippen LogP contribution in [-0.4, -0.2) is 11.7 Å². The molecule has 0 spiro atoms. The number of phenols is 1. The lowest BCUT2D eigenvalue weighted by Gasteiger charge is -2.19. The molecule has 1 aliphatic heterocycles. The van der Waals surface area contributed by atoms with E-state index in [4.69, 9.17) is 4.74 Å². The summed E-state index contributed by atoms with van der Waals surface area (Å²) in [5.74, 6) is 1.04. The Balaban J connectivity index is 1.79. The number of rotatable bonds is 3. The van der Waals surface area contributed by atoms with Crippen LogP contribution >= 0.6 is 11.3 Å². The van der Waals surface area contributed by atoms with E-state index in [1.54, 1.807) is 12.1 Å². The van der Waals surface area contributed by atoms with Crippen molar-refractivity contribution >= 4 is 11.3 Å². The summed E-state index contributed by atoms with van der Waals surface area (Å²) >= 11 is 1.84. The number of aromatic hydroxyl groups is 1. The second kappa shape index (κ2) is 5.11. The van der Waals surface area contributed by atoms with Crippen molar-refractivity contribution in [3.8, 4) is 11.5 Å². The van der Waals surface area contributed by atoms with Crippen LogP contribution in [0.25, 0.3) is 0 Å². The molecule has 1 aromatic carbocycles. The highest BCUT2D eigenvalue weighted by Crippen LogP contribution is 2.36. The second-order valence-corrected chi connectivity index (χ2v) is 6.80. The molecular weight excluding hydrogens is 270 g/mol. The molecule has 2 unspecified atom stereocenters. The van der Waals surface area contributed by atoms with Gasteiger partial charge in [-0.25, -0.2) is 0 Å². The third-order valence-electron chi connectivity index (χ3n) is 3.78. The van der Waals surface area contributed by atoms with Gasteiger partial charge in [-0.05, 0) is 44.5 Å². The molecule has 2 heterocycles. The van der Waals surface area contributed by atoms with Crippen LogP contribution in [0, 0.1) is 13.8 Å². The molecule has 2 N–H and O–H groups in total. The normalized spacial score (nSPS) is 18.6. The minimum atomic E-state index is 0.181. The van der Waals surface area contributed by atoms with Crippen LogP contribution in [0.15, 0.2) is 24.3 Å². The number of fused-ring (bicyclic) bond motifs is 1. The van der Waals surface area contributed by atoms with E-state index in [9.17, 15) is 5.11 Å². The van der Waals surface area contributed by atoms with Crippen molar-refractivity contribution in [1.29, 1.82) is 0 Å². The van der Waals surface area contributed by atoms with Crippen LogP contribution in [0.5, 0.6) is 11.5 Å². The predicted octanol–water partition coefficient (Wildman–Crippen LogP) is 3.85. The number of benzene rings is 1. The Labute approximate surface area is 123 Å². The van der Waals surface area contributed by atoms with E-state index in [-0.39, 0.29) is 17.8 Å². The third-order valence-corrected chi connectivity index (χ3v) is 4.76. The first-order chi connectivity index (χ1) is 9.54. The summed E-state index contributed by atoms with van der Waals surface area (Å²) < 4.78 is 5.64. The average molecular weight is 289 g/mol. The van der Waals surface area contributed by atoms with Gasteiger partial charge in [-0.3, -0.25) is 0 Å². The Morgan fingerprint density at radius 3 is 2.85 bits per heavy atom. The van der Waals surface area contributed by atoms with Crippen molar-refractivity contribution in [3.63, 3.8) is 0 Å². The van der Waals surface area contributed by atoms with Gasteiger partial charge in [0.15, 0.2) is 0 Å². The number of hydrogen-bond donors (Lipinski definition) is 2. The molecular formula is C16H19NO2S. The van der Waals surface area contributed by atoms with Gasteiger partial charge in [0.2, 0.25) is 0 Å². The van der Waals surface area contributed by atoms with Crippen LogP contribution < -0.4 is 10.1 Å². The molecule has 0 saturated heterocycles. The van der Waals surface area contributed by atoms with Crippen molar-refractivity contribution in [3.05, 3.63) is 45.1 Å². The maximum Gasteiger partial charge on any atom is 0.127 e. The highest BCUT2D eigenvalue weighted by atomic mass is 32.1. The molecule has 1 aliphatic rings. The largest absolute Gasteiger partial charge is 0.508 e. The minimum Gasteiger partial charge on any atom is -0.508 e. The summed E-state index contributed by atoms with van der Waals surface area (Å²) in [6.07, 6.45) is 0. The lowest BCUT2D eigenvalue weighted by molar-refractivity contribution is 0.300. The van der Waals surface area contributed by atoms with Crippen molar-refractivity contribution in [2.45, 2.75) is 32.9 Å². The molecule has 0 saturated carbocycles. The van der Waals surface area contributed by atoms with E-state index in [0.717, 1.165) is 11.3 Å². The van der Waals surface area contributed by atoms with Crippen LogP contribution in [0.3, 0.4) is 0 Å². The minimum absolute atomic E-state index is 0.181. The SMILES string of the molecule is Cc1cc(C(C)NC2COc3cc(O)ccc32)c(C)s1. The fraction of sp³-hybridized carbons (Fsp3) is 0.375. The zero-order chi connectivity index (χ0) is 14.3. The summed E-state index contributed by atoms with van der Waals surface area (Å²) in [6.45, 7) is 7.12. The third kappa shape index (κ3) is 2.41. The van der Waals surface area contributed by atoms with Crippen molar-refractivity contribution in [2.75, 3.05) is 6.61 Å². The molecule has 0 radical (unpaired) electrons. The molecule has 1 aromatic heterocycles. The first-order valence-electron chi connectivity index (χ1n) is 6.83. The molecule has 0 bridgehead atoms. The van der Waals surface area contributed by atoms with Gasteiger partial charge in [0.25, 0.3) is 0 Å². The molecule has 2 atom stereocenters. The topological polar surface area (TPSA) is 41.5 Å². The fourth-order valence-corrected chi connectivity index (χ4v) is 3.83.